The monoisotopic (exact) mass is 236 g/mol. The third-order valence-electron chi connectivity index (χ3n) is 3.32. The SMILES string of the molecule is CC1CCC(NC(=O)c2cncc(F)c2)CC1. The van der Waals surface area contributed by atoms with Crippen molar-refractivity contribution in [3.05, 3.63) is 29.8 Å². The van der Waals surface area contributed by atoms with Crippen LogP contribution in [0.3, 0.4) is 0 Å². The molecule has 0 bridgehead atoms. The number of carbonyl (C=O) groups excluding carboxylic acids is 1. The Bertz CT molecular complexity index is 400. The van der Waals surface area contributed by atoms with Crippen LogP contribution in [0.5, 0.6) is 0 Å². The zero-order chi connectivity index (χ0) is 12.3. The lowest BCUT2D eigenvalue weighted by Crippen LogP contribution is -2.37. The number of amides is 1. The van der Waals surface area contributed by atoms with Crippen LogP contribution in [0.4, 0.5) is 4.39 Å². The van der Waals surface area contributed by atoms with Gasteiger partial charge >= 0.3 is 0 Å². The van der Waals surface area contributed by atoms with E-state index in [-0.39, 0.29) is 11.9 Å². The zero-order valence-electron chi connectivity index (χ0n) is 9.95. The average molecular weight is 236 g/mol. The molecule has 1 aliphatic carbocycles. The maximum absolute atomic E-state index is 12.9. The van der Waals surface area contributed by atoms with Crippen molar-refractivity contribution in [3.63, 3.8) is 0 Å². The number of pyridine rings is 1. The Balaban J connectivity index is 1.93. The first-order valence-corrected chi connectivity index (χ1v) is 6.06. The molecule has 0 saturated heterocycles. The van der Waals surface area contributed by atoms with Gasteiger partial charge in [0, 0.05) is 12.2 Å². The van der Waals surface area contributed by atoms with Crippen molar-refractivity contribution in [3.8, 4) is 0 Å². The first-order chi connectivity index (χ1) is 8.15. The summed E-state index contributed by atoms with van der Waals surface area (Å²) in [4.78, 5) is 15.5. The van der Waals surface area contributed by atoms with Crippen LogP contribution in [0.25, 0.3) is 0 Å². The molecular weight excluding hydrogens is 219 g/mol. The molecular formula is C13H17FN2O. The van der Waals surface area contributed by atoms with Crippen molar-refractivity contribution < 1.29 is 9.18 Å². The predicted molar refractivity (Wildman–Crippen MR) is 63.1 cm³/mol. The van der Waals surface area contributed by atoms with Crippen molar-refractivity contribution in [1.29, 1.82) is 0 Å². The molecule has 92 valence electrons. The van der Waals surface area contributed by atoms with Crippen molar-refractivity contribution >= 4 is 5.91 Å². The van der Waals surface area contributed by atoms with E-state index in [1.807, 2.05) is 0 Å². The summed E-state index contributed by atoms with van der Waals surface area (Å²) in [5.74, 6) is 0.0467. The minimum Gasteiger partial charge on any atom is -0.349 e. The van der Waals surface area contributed by atoms with Crippen LogP contribution in [0.1, 0.15) is 43.0 Å². The van der Waals surface area contributed by atoms with Crippen LogP contribution in [0, 0.1) is 11.7 Å². The molecule has 1 fully saturated rings. The van der Waals surface area contributed by atoms with Gasteiger partial charge in [0.1, 0.15) is 5.82 Å². The first-order valence-electron chi connectivity index (χ1n) is 6.06. The molecule has 0 spiro atoms. The molecule has 17 heavy (non-hydrogen) atoms. The summed E-state index contributed by atoms with van der Waals surface area (Å²) in [6.07, 6.45) is 6.80. The second kappa shape index (κ2) is 5.25. The fraction of sp³-hybridized carbons (Fsp3) is 0.538. The third kappa shape index (κ3) is 3.25. The minimum atomic E-state index is -0.477. The van der Waals surface area contributed by atoms with Crippen LogP contribution in [0.15, 0.2) is 18.5 Å². The molecule has 2 rings (SSSR count). The molecule has 1 aromatic heterocycles. The molecule has 1 N–H and O–H groups in total. The lowest BCUT2D eigenvalue weighted by atomic mass is 9.87. The van der Waals surface area contributed by atoms with Crippen LogP contribution in [-0.2, 0) is 0 Å². The number of hydrogen-bond acceptors (Lipinski definition) is 2. The molecule has 0 radical (unpaired) electrons. The normalized spacial score (nSPS) is 24.4. The molecule has 0 aromatic carbocycles. The first kappa shape index (κ1) is 12.0. The molecule has 0 atom stereocenters. The highest BCUT2D eigenvalue weighted by Gasteiger charge is 2.20. The van der Waals surface area contributed by atoms with Gasteiger partial charge in [-0.1, -0.05) is 6.92 Å². The lowest BCUT2D eigenvalue weighted by Gasteiger charge is -2.26. The van der Waals surface area contributed by atoms with E-state index < -0.39 is 5.82 Å². The summed E-state index contributed by atoms with van der Waals surface area (Å²) in [7, 11) is 0. The van der Waals surface area contributed by atoms with E-state index in [9.17, 15) is 9.18 Å². The van der Waals surface area contributed by atoms with Gasteiger partial charge in [0.25, 0.3) is 5.91 Å². The second-order valence-electron chi connectivity index (χ2n) is 4.82. The number of hydrogen-bond donors (Lipinski definition) is 1. The van der Waals surface area contributed by atoms with E-state index in [2.05, 4.69) is 17.2 Å². The molecule has 4 heteroatoms. The Morgan fingerprint density at radius 1 is 1.35 bits per heavy atom. The summed E-state index contributed by atoms with van der Waals surface area (Å²) < 4.78 is 12.9. The van der Waals surface area contributed by atoms with Gasteiger partial charge in [0.2, 0.25) is 0 Å². The third-order valence-corrected chi connectivity index (χ3v) is 3.32. The van der Waals surface area contributed by atoms with Crippen LogP contribution >= 0.6 is 0 Å². The zero-order valence-corrected chi connectivity index (χ0v) is 9.95. The smallest absolute Gasteiger partial charge is 0.253 e. The van der Waals surface area contributed by atoms with Gasteiger partial charge in [0.05, 0.1) is 11.8 Å². The standard InChI is InChI=1S/C13H17FN2O/c1-9-2-4-12(5-3-9)16-13(17)10-6-11(14)8-15-7-10/h6-9,12H,2-5H2,1H3,(H,16,17). The number of nitrogens with zero attached hydrogens (tertiary/aromatic N) is 1. The van der Waals surface area contributed by atoms with E-state index in [1.165, 1.54) is 12.3 Å². The minimum absolute atomic E-state index is 0.224. The van der Waals surface area contributed by atoms with Gasteiger partial charge in [-0.2, -0.15) is 0 Å². The van der Waals surface area contributed by atoms with Gasteiger partial charge in [-0.25, -0.2) is 4.39 Å². The molecule has 1 aliphatic rings. The summed E-state index contributed by atoms with van der Waals surface area (Å²) in [5, 5.41) is 2.94. The topological polar surface area (TPSA) is 42.0 Å². The van der Waals surface area contributed by atoms with Crippen molar-refractivity contribution in [2.45, 2.75) is 38.6 Å². The van der Waals surface area contributed by atoms with E-state index in [0.717, 1.165) is 37.8 Å². The van der Waals surface area contributed by atoms with E-state index >= 15 is 0 Å². The Labute approximate surface area is 100 Å². The number of rotatable bonds is 2. The largest absolute Gasteiger partial charge is 0.349 e. The Kier molecular flexibility index (Phi) is 3.71. The fourth-order valence-electron chi connectivity index (χ4n) is 2.21. The Morgan fingerprint density at radius 2 is 2.06 bits per heavy atom. The number of nitrogens with one attached hydrogen (secondary N) is 1. The Hall–Kier alpha value is -1.45. The maximum Gasteiger partial charge on any atom is 0.253 e. The lowest BCUT2D eigenvalue weighted by molar-refractivity contribution is 0.0922. The summed E-state index contributed by atoms with van der Waals surface area (Å²) in [5.41, 5.74) is 0.295. The van der Waals surface area contributed by atoms with E-state index in [4.69, 9.17) is 0 Å². The molecule has 3 nitrogen and oxygen atoms in total. The average Bonchev–Trinajstić information content (AvgIpc) is 2.32. The Morgan fingerprint density at radius 3 is 2.71 bits per heavy atom. The van der Waals surface area contributed by atoms with Crippen molar-refractivity contribution in [2.24, 2.45) is 5.92 Å². The summed E-state index contributed by atoms with van der Waals surface area (Å²) in [6, 6.07) is 1.44. The number of carbonyl (C=O) groups is 1. The molecule has 0 unspecified atom stereocenters. The quantitative estimate of drug-likeness (QED) is 0.857. The van der Waals surface area contributed by atoms with Gasteiger partial charge in [0.15, 0.2) is 0 Å². The van der Waals surface area contributed by atoms with Gasteiger partial charge in [-0.3, -0.25) is 9.78 Å². The van der Waals surface area contributed by atoms with Gasteiger partial charge in [-0.05, 0) is 37.7 Å². The van der Waals surface area contributed by atoms with Gasteiger partial charge < -0.3 is 5.32 Å². The second-order valence-corrected chi connectivity index (χ2v) is 4.82. The summed E-state index contributed by atoms with van der Waals surface area (Å²) in [6.45, 7) is 2.23. The van der Waals surface area contributed by atoms with Crippen LogP contribution in [0.2, 0.25) is 0 Å². The van der Waals surface area contributed by atoms with Gasteiger partial charge in [-0.15, -0.1) is 0 Å². The van der Waals surface area contributed by atoms with Crippen LogP contribution < -0.4 is 5.32 Å². The molecule has 0 aliphatic heterocycles. The van der Waals surface area contributed by atoms with Crippen molar-refractivity contribution in [2.75, 3.05) is 0 Å². The number of halogens is 1. The highest BCUT2D eigenvalue weighted by molar-refractivity contribution is 5.94. The van der Waals surface area contributed by atoms with Crippen LogP contribution in [-0.4, -0.2) is 16.9 Å². The summed E-state index contributed by atoms with van der Waals surface area (Å²) >= 11 is 0. The molecule has 1 heterocycles. The number of aromatic nitrogens is 1. The van der Waals surface area contributed by atoms with E-state index in [1.54, 1.807) is 0 Å². The maximum atomic E-state index is 12.9. The fourth-order valence-corrected chi connectivity index (χ4v) is 2.21. The highest BCUT2D eigenvalue weighted by Crippen LogP contribution is 2.23. The predicted octanol–water partition coefficient (Wildman–Crippen LogP) is 2.53. The molecule has 1 aromatic rings. The molecule has 1 amide bonds. The van der Waals surface area contributed by atoms with Crippen molar-refractivity contribution in [1.82, 2.24) is 10.3 Å². The molecule has 1 saturated carbocycles. The van der Waals surface area contributed by atoms with E-state index in [0.29, 0.717) is 5.56 Å². The highest BCUT2D eigenvalue weighted by atomic mass is 19.1.